The molecule has 0 saturated heterocycles. The minimum absolute atomic E-state index is 0. The van der Waals surface area contributed by atoms with Crippen LogP contribution in [-0.4, -0.2) is 18.5 Å². The van der Waals surface area contributed by atoms with Gasteiger partial charge in [-0.05, 0) is 50.1 Å². The van der Waals surface area contributed by atoms with E-state index in [2.05, 4.69) is 43.4 Å². The summed E-state index contributed by atoms with van der Waals surface area (Å²) in [6, 6.07) is 8.83. The molecule has 0 radical (unpaired) electrons. The standard InChI is InChI=1S/C18H28N2O.ClH/c1-3-14(15-9-7-13(2)8-10-15)11-18(21)20-17-6-4-5-16(17)12-19;/h7-10,14,16-17H,3-6,11-12,19H2,1-2H3,(H,20,21);1H. The van der Waals surface area contributed by atoms with Crippen molar-refractivity contribution in [3.05, 3.63) is 35.4 Å². The highest BCUT2D eigenvalue weighted by Gasteiger charge is 2.27. The molecule has 3 atom stereocenters. The minimum atomic E-state index is 0. The average molecular weight is 325 g/mol. The van der Waals surface area contributed by atoms with Gasteiger partial charge in [-0.25, -0.2) is 0 Å². The van der Waals surface area contributed by atoms with E-state index in [0.717, 1.165) is 19.3 Å². The summed E-state index contributed by atoms with van der Waals surface area (Å²) in [4.78, 5) is 12.3. The van der Waals surface area contributed by atoms with Gasteiger partial charge in [-0.3, -0.25) is 4.79 Å². The molecule has 1 fully saturated rings. The summed E-state index contributed by atoms with van der Waals surface area (Å²) >= 11 is 0. The topological polar surface area (TPSA) is 55.1 Å². The van der Waals surface area contributed by atoms with Gasteiger partial charge in [0.05, 0.1) is 0 Å². The maximum atomic E-state index is 12.3. The fraction of sp³-hybridized carbons (Fsp3) is 0.611. The lowest BCUT2D eigenvalue weighted by atomic mass is 9.92. The monoisotopic (exact) mass is 324 g/mol. The summed E-state index contributed by atoms with van der Waals surface area (Å²) in [6.45, 7) is 4.92. The Labute approximate surface area is 140 Å². The molecule has 3 unspecified atom stereocenters. The predicted octanol–water partition coefficient (Wildman–Crippen LogP) is 3.54. The van der Waals surface area contributed by atoms with E-state index in [4.69, 9.17) is 5.73 Å². The summed E-state index contributed by atoms with van der Waals surface area (Å²) in [6.07, 6.45) is 4.97. The first-order valence-corrected chi connectivity index (χ1v) is 8.20. The van der Waals surface area contributed by atoms with Crippen LogP contribution >= 0.6 is 12.4 Å². The normalized spacial score (nSPS) is 22.0. The molecule has 0 heterocycles. The Morgan fingerprint density at radius 3 is 2.59 bits per heavy atom. The molecule has 2 rings (SSSR count). The van der Waals surface area contributed by atoms with Crippen molar-refractivity contribution in [2.24, 2.45) is 11.7 Å². The van der Waals surface area contributed by atoms with Crippen molar-refractivity contribution >= 4 is 18.3 Å². The fourth-order valence-corrected chi connectivity index (χ4v) is 3.33. The third-order valence-corrected chi connectivity index (χ3v) is 4.78. The molecular formula is C18H29ClN2O. The van der Waals surface area contributed by atoms with Crippen LogP contribution in [0, 0.1) is 12.8 Å². The second kappa shape index (κ2) is 9.16. The lowest BCUT2D eigenvalue weighted by Gasteiger charge is -2.21. The van der Waals surface area contributed by atoms with Crippen LogP contribution in [0.4, 0.5) is 0 Å². The molecule has 22 heavy (non-hydrogen) atoms. The fourth-order valence-electron chi connectivity index (χ4n) is 3.33. The SMILES string of the molecule is CCC(CC(=O)NC1CCCC1CN)c1ccc(C)cc1.Cl. The van der Waals surface area contributed by atoms with Crippen molar-refractivity contribution in [1.82, 2.24) is 5.32 Å². The number of halogens is 1. The summed E-state index contributed by atoms with van der Waals surface area (Å²) in [5.74, 6) is 0.949. The maximum absolute atomic E-state index is 12.3. The van der Waals surface area contributed by atoms with Crippen LogP contribution in [0.15, 0.2) is 24.3 Å². The van der Waals surface area contributed by atoms with Crippen LogP contribution in [0.25, 0.3) is 0 Å². The van der Waals surface area contributed by atoms with Gasteiger partial charge in [0, 0.05) is 12.5 Å². The van der Waals surface area contributed by atoms with E-state index in [1.54, 1.807) is 0 Å². The molecule has 1 aromatic carbocycles. The van der Waals surface area contributed by atoms with Gasteiger partial charge in [-0.2, -0.15) is 0 Å². The molecule has 3 nitrogen and oxygen atoms in total. The molecule has 1 aromatic rings. The molecule has 1 aliphatic rings. The van der Waals surface area contributed by atoms with Gasteiger partial charge >= 0.3 is 0 Å². The van der Waals surface area contributed by atoms with Gasteiger partial charge < -0.3 is 11.1 Å². The van der Waals surface area contributed by atoms with E-state index in [1.807, 2.05) is 0 Å². The molecule has 0 bridgehead atoms. The van der Waals surface area contributed by atoms with Crippen molar-refractivity contribution in [3.8, 4) is 0 Å². The van der Waals surface area contributed by atoms with Crippen LogP contribution < -0.4 is 11.1 Å². The highest BCUT2D eigenvalue weighted by molar-refractivity contribution is 5.85. The number of carbonyl (C=O) groups is 1. The first-order chi connectivity index (χ1) is 10.1. The van der Waals surface area contributed by atoms with Crippen molar-refractivity contribution < 1.29 is 4.79 Å². The van der Waals surface area contributed by atoms with E-state index in [1.165, 1.54) is 17.5 Å². The van der Waals surface area contributed by atoms with Gasteiger partial charge in [-0.1, -0.05) is 43.2 Å². The summed E-state index contributed by atoms with van der Waals surface area (Å²) in [5, 5.41) is 3.21. The molecule has 1 amide bonds. The Bertz CT molecular complexity index is 461. The van der Waals surface area contributed by atoms with Crippen LogP contribution in [0.1, 0.15) is 56.1 Å². The number of benzene rings is 1. The van der Waals surface area contributed by atoms with Crippen LogP contribution in [0.2, 0.25) is 0 Å². The highest BCUT2D eigenvalue weighted by atomic mass is 35.5. The molecular weight excluding hydrogens is 296 g/mol. The van der Waals surface area contributed by atoms with E-state index in [9.17, 15) is 4.79 Å². The zero-order chi connectivity index (χ0) is 15.2. The molecule has 0 spiro atoms. The minimum Gasteiger partial charge on any atom is -0.353 e. The Kier molecular flexibility index (Phi) is 7.91. The van der Waals surface area contributed by atoms with Crippen molar-refractivity contribution in [2.75, 3.05) is 6.54 Å². The number of nitrogens with one attached hydrogen (secondary N) is 1. The number of carbonyl (C=O) groups excluding carboxylic acids is 1. The second-order valence-corrected chi connectivity index (χ2v) is 6.32. The Morgan fingerprint density at radius 1 is 1.32 bits per heavy atom. The number of aryl methyl sites for hydroxylation is 1. The smallest absolute Gasteiger partial charge is 0.220 e. The van der Waals surface area contributed by atoms with E-state index in [0.29, 0.717) is 24.8 Å². The molecule has 1 saturated carbocycles. The third-order valence-electron chi connectivity index (χ3n) is 4.78. The zero-order valence-corrected chi connectivity index (χ0v) is 14.5. The molecule has 124 valence electrons. The van der Waals surface area contributed by atoms with E-state index in [-0.39, 0.29) is 24.4 Å². The van der Waals surface area contributed by atoms with Crippen LogP contribution in [0.5, 0.6) is 0 Å². The largest absolute Gasteiger partial charge is 0.353 e. The first kappa shape index (κ1) is 19.0. The summed E-state index contributed by atoms with van der Waals surface area (Å²) < 4.78 is 0. The van der Waals surface area contributed by atoms with Gasteiger partial charge in [0.25, 0.3) is 0 Å². The number of nitrogens with two attached hydrogens (primary N) is 1. The Morgan fingerprint density at radius 2 is 2.00 bits per heavy atom. The summed E-state index contributed by atoms with van der Waals surface area (Å²) in [7, 11) is 0. The van der Waals surface area contributed by atoms with Crippen molar-refractivity contribution in [3.63, 3.8) is 0 Å². The van der Waals surface area contributed by atoms with E-state index >= 15 is 0 Å². The third kappa shape index (κ3) is 4.99. The first-order valence-electron chi connectivity index (χ1n) is 8.20. The maximum Gasteiger partial charge on any atom is 0.220 e. The predicted molar refractivity (Wildman–Crippen MR) is 94.4 cm³/mol. The van der Waals surface area contributed by atoms with Crippen molar-refractivity contribution in [2.45, 2.75) is 57.9 Å². The number of rotatable bonds is 6. The molecule has 0 aromatic heterocycles. The lowest BCUT2D eigenvalue weighted by Crippen LogP contribution is -2.40. The molecule has 0 aliphatic heterocycles. The van der Waals surface area contributed by atoms with Crippen LogP contribution in [0.3, 0.4) is 0 Å². The van der Waals surface area contributed by atoms with Gasteiger partial charge in [0.15, 0.2) is 0 Å². The lowest BCUT2D eigenvalue weighted by molar-refractivity contribution is -0.122. The Hall–Kier alpha value is -1.06. The zero-order valence-electron chi connectivity index (χ0n) is 13.7. The molecule has 3 N–H and O–H groups in total. The molecule has 1 aliphatic carbocycles. The second-order valence-electron chi connectivity index (χ2n) is 6.32. The van der Waals surface area contributed by atoms with Crippen LogP contribution in [-0.2, 0) is 4.79 Å². The number of amides is 1. The summed E-state index contributed by atoms with van der Waals surface area (Å²) in [5.41, 5.74) is 8.30. The van der Waals surface area contributed by atoms with Gasteiger partial charge in [0.2, 0.25) is 5.91 Å². The van der Waals surface area contributed by atoms with E-state index < -0.39 is 0 Å². The van der Waals surface area contributed by atoms with Gasteiger partial charge in [-0.15, -0.1) is 12.4 Å². The van der Waals surface area contributed by atoms with Crippen molar-refractivity contribution in [1.29, 1.82) is 0 Å². The number of hydrogen-bond donors (Lipinski definition) is 2. The quantitative estimate of drug-likeness (QED) is 0.840. The highest BCUT2D eigenvalue weighted by Crippen LogP contribution is 2.27. The Balaban J connectivity index is 0.00000242. The molecule has 4 heteroatoms. The average Bonchev–Trinajstić information content (AvgIpc) is 2.93. The van der Waals surface area contributed by atoms with Gasteiger partial charge in [0.1, 0.15) is 0 Å². The number of hydrogen-bond acceptors (Lipinski definition) is 2.